The van der Waals surface area contributed by atoms with E-state index in [9.17, 15) is 0 Å². The number of hydrogen-bond acceptors (Lipinski definition) is 2. The van der Waals surface area contributed by atoms with Gasteiger partial charge in [-0.2, -0.15) is 0 Å². The first-order valence-corrected chi connectivity index (χ1v) is 8.22. The first-order chi connectivity index (χ1) is 11.9. The van der Waals surface area contributed by atoms with E-state index >= 15 is 0 Å². The van der Waals surface area contributed by atoms with Gasteiger partial charge in [-0.05, 0) is 24.3 Å². The molecule has 3 N–H and O–H groups in total. The highest BCUT2D eigenvalue weighted by Gasteiger charge is 2.53. The maximum Gasteiger partial charge on any atom is 0.206 e. The Bertz CT molecular complexity index is 764. The molecular formula is C21H20N3+. The molecule has 118 valence electrons. The molecule has 0 bridgehead atoms. The van der Waals surface area contributed by atoms with E-state index in [-0.39, 0.29) is 12.1 Å². The Labute approximate surface area is 142 Å². The number of nitrogens with one attached hydrogen (secondary N) is 3. The highest BCUT2D eigenvalue weighted by Crippen LogP contribution is 2.25. The van der Waals surface area contributed by atoms with E-state index in [4.69, 9.17) is 0 Å². The number of benzene rings is 3. The molecule has 0 heterocycles. The highest BCUT2D eigenvalue weighted by molar-refractivity contribution is 6.12. The van der Waals surface area contributed by atoms with Crippen LogP contribution < -0.4 is 15.6 Å². The zero-order chi connectivity index (χ0) is 16.2. The molecule has 3 aromatic carbocycles. The fourth-order valence-electron chi connectivity index (χ4n) is 2.86. The van der Waals surface area contributed by atoms with Gasteiger partial charge >= 0.3 is 0 Å². The molecule has 3 aromatic rings. The Morgan fingerprint density at radius 3 is 1.42 bits per heavy atom. The summed E-state index contributed by atoms with van der Waals surface area (Å²) in [5.41, 5.74) is 4.64. The summed E-state index contributed by atoms with van der Waals surface area (Å²) >= 11 is 0. The van der Waals surface area contributed by atoms with Gasteiger partial charge in [-0.15, -0.1) is 0 Å². The molecule has 0 saturated heterocycles. The molecule has 1 saturated carbocycles. The van der Waals surface area contributed by atoms with E-state index < -0.39 is 0 Å². The van der Waals surface area contributed by atoms with Crippen molar-refractivity contribution in [1.29, 1.82) is 0 Å². The Kier molecular flexibility index (Phi) is 3.98. The van der Waals surface area contributed by atoms with Gasteiger partial charge in [-0.3, -0.25) is 0 Å². The maximum absolute atomic E-state index is 3.59. The number of hydrogen-bond donors (Lipinski definition) is 3. The fourth-order valence-corrected chi connectivity index (χ4v) is 2.86. The third kappa shape index (κ3) is 3.30. The summed E-state index contributed by atoms with van der Waals surface area (Å²) in [6, 6.07) is 31.5. The summed E-state index contributed by atoms with van der Waals surface area (Å²) in [5.74, 6) is 0. The summed E-state index contributed by atoms with van der Waals surface area (Å²) in [7, 11) is 0. The first kappa shape index (κ1) is 14.5. The van der Waals surface area contributed by atoms with Gasteiger partial charge in [-0.1, -0.05) is 54.6 Å². The molecule has 2 atom stereocenters. The van der Waals surface area contributed by atoms with E-state index in [1.54, 1.807) is 0 Å². The zero-order valence-electron chi connectivity index (χ0n) is 13.3. The summed E-state index contributed by atoms with van der Waals surface area (Å²) in [4.78, 5) is 3.55. The lowest BCUT2D eigenvalue weighted by atomic mass is 10.3. The van der Waals surface area contributed by atoms with Gasteiger partial charge in [0.2, 0.25) is 11.4 Å². The SMILES string of the molecule is c1ccc(NC2C(=[NH+]c3ccccc3)C2Nc2ccccc2)cc1. The molecule has 0 amide bonds. The molecule has 2 unspecified atom stereocenters. The van der Waals surface area contributed by atoms with Crippen molar-refractivity contribution in [3.05, 3.63) is 91.0 Å². The van der Waals surface area contributed by atoms with Gasteiger partial charge in [0, 0.05) is 23.5 Å². The number of rotatable bonds is 5. The summed E-state index contributed by atoms with van der Waals surface area (Å²) in [6.45, 7) is 0. The first-order valence-electron chi connectivity index (χ1n) is 8.22. The van der Waals surface area contributed by atoms with Crippen molar-refractivity contribution in [1.82, 2.24) is 0 Å². The second-order valence-electron chi connectivity index (χ2n) is 5.92. The Morgan fingerprint density at radius 2 is 0.958 bits per heavy atom. The van der Waals surface area contributed by atoms with Crippen LogP contribution in [0.4, 0.5) is 17.1 Å². The molecule has 3 heteroatoms. The molecule has 0 aromatic heterocycles. The van der Waals surface area contributed by atoms with E-state index in [1.165, 1.54) is 5.71 Å². The second kappa shape index (κ2) is 6.59. The largest absolute Gasteiger partial charge is 0.371 e. The van der Waals surface area contributed by atoms with E-state index in [2.05, 4.69) is 76.3 Å². The minimum atomic E-state index is 0.257. The van der Waals surface area contributed by atoms with Crippen LogP contribution in [0.1, 0.15) is 0 Å². The summed E-state index contributed by atoms with van der Waals surface area (Å²) in [6.07, 6.45) is 0. The van der Waals surface area contributed by atoms with Crippen LogP contribution in [-0.4, -0.2) is 17.8 Å². The van der Waals surface area contributed by atoms with Gasteiger partial charge in [0.1, 0.15) is 12.1 Å². The van der Waals surface area contributed by atoms with Gasteiger partial charge in [0.05, 0.1) is 0 Å². The van der Waals surface area contributed by atoms with Crippen LogP contribution >= 0.6 is 0 Å². The van der Waals surface area contributed by atoms with Crippen LogP contribution in [0.5, 0.6) is 0 Å². The molecule has 1 aliphatic rings. The smallest absolute Gasteiger partial charge is 0.206 e. The predicted molar refractivity (Wildman–Crippen MR) is 99.8 cm³/mol. The van der Waals surface area contributed by atoms with Crippen LogP contribution in [0.2, 0.25) is 0 Å². The van der Waals surface area contributed by atoms with Crippen molar-refractivity contribution in [2.75, 3.05) is 10.6 Å². The quantitative estimate of drug-likeness (QED) is 0.677. The average Bonchev–Trinajstić information content (AvgIpc) is 3.27. The van der Waals surface area contributed by atoms with Crippen LogP contribution in [0.25, 0.3) is 0 Å². The fraction of sp³-hybridized carbons (Fsp3) is 0.0952. The van der Waals surface area contributed by atoms with Gasteiger partial charge in [0.25, 0.3) is 0 Å². The van der Waals surface area contributed by atoms with E-state index in [1.807, 2.05) is 30.3 Å². The molecule has 0 aliphatic heterocycles. The van der Waals surface area contributed by atoms with E-state index in [0.29, 0.717) is 0 Å². The summed E-state index contributed by atoms with van der Waals surface area (Å²) in [5, 5.41) is 7.19. The van der Waals surface area contributed by atoms with Crippen molar-refractivity contribution in [3.63, 3.8) is 0 Å². The topological polar surface area (TPSA) is 38.0 Å². The molecule has 24 heavy (non-hydrogen) atoms. The lowest BCUT2D eigenvalue weighted by Gasteiger charge is -2.05. The van der Waals surface area contributed by atoms with Crippen LogP contribution in [0.15, 0.2) is 91.0 Å². The Hall–Kier alpha value is -3.07. The summed E-state index contributed by atoms with van der Waals surface area (Å²) < 4.78 is 0. The third-order valence-corrected chi connectivity index (χ3v) is 4.15. The van der Waals surface area contributed by atoms with Crippen molar-refractivity contribution in [2.45, 2.75) is 12.1 Å². The van der Waals surface area contributed by atoms with Crippen molar-refractivity contribution in [2.24, 2.45) is 0 Å². The molecule has 3 nitrogen and oxygen atoms in total. The number of para-hydroxylation sites is 3. The van der Waals surface area contributed by atoms with Gasteiger partial charge in [-0.25, -0.2) is 4.99 Å². The monoisotopic (exact) mass is 314 g/mol. The third-order valence-electron chi connectivity index (χ3n) is 4.15. The van der Waals surface area contributed by atoms with Crippen molar-refractivity contribution < 1.29 is 4.99 Å². The maximum atomic E-state index is 3.59. The highest BCUT2D eigenvalue weighted by atomic mass is 15.1. The lowest BCUT2D eigenvalue weighted by Crippen LogP contribution is -2.64. The Morgan fingerprint density at radius 1 is 0.542 bits per heavy atom. The van der Waals surface area contributed by atoms with Crippen LogP contribution in [0, 0.1) is 0 Å². The van der Waals surface area contributed by atoms with Gasteiger partial charge < -0.3 is 10.6 Å². The Balaban J connectivity index is 1.56. The minimum absolute atomic E-state index is 0.257. The normalized spacial score (nSPS) is 18.8. The van der Waals surface area contributed by atoms with Crippen LogP contribution in [0.3, 0.4) is 0 Å². The molecule has 1 aliphatic carbocycles. The second-order valence-corrected chi connectivity index (χ2v) is 5.92. The molecule has 0 spiro atoms. The molecule has 1 fully saturated rings. The lowest BCUT2D eigenvalue weighted by molar-refractivity contribution is -0.351. The van der Waals surface area contributed by atoms with Crippen molar-refractivity contribution >= 4 is 22.8 Å². The molecule has 0 radical (unpaired) electrons. The van der Waals surface area contributed by atoms with Crippen LogP contribution in [-0.2, 0) is 0 Å². The van der Waals surface area contributed by atoms with Gasteiger partial charge in [0.15, 0.2) is 0 Å². The predicted octanol–water partition coefficient (Wildman–Crippen LogP) is 2.81. The standard InChI is InChI=1S/C21H19N3/c1-4-10-16(11-5-1)22-19-20(23-17-12-6-2-7-13-17)21(19)24-18-14-8-3-9-15-18/h1-15,19-20,22-23H/p+1. The van der Waals surface area contributed by atoms with Crippen molar-refractivity contribution in [3.8, 4) is 0 Å². The zero-order valence-corrected chi connectivity index (χ0v) is 13.3. The molecular weight excluding hydrogens is 294 g/mol. The minimum Gasteiger partial charge on any atom is -0.371 e. The molecule has 4 rings (SSSR count). The van der Waals surface area contributed by atoms with E-state index in [0.717, 1.165) is 17.1 Å². The number of anilines is 2. The average molecular weight is 314 g/mol.